The zero-order valence-corrected chi connectivity index (χ0v) is 10.6. The number of hydrogen-bond donors (Lipinski definition) is 0. The summed E-state index contributed by atoms with van der Waals surface area (Å²) in [5.74, 6) is 0.321. The van der Waals surface area contributed by atoms with E-state index in [1.54, 1.807) is 0 Å². The number of carbonyl (C=O) groups excluding carboxylic acids is 1. The average Bonchev–Trinajstić information content (AvgIpc) is 2.82. The molecule has 1 aliphatic carbocycles. The van der Waals surface area contributed by atoms with Gasteiger partial charge < -0.3 is 4.74 Å². The summed E-state index contributed by atoms with van der Waals surface area (Å²) in [4.78, 5) is 11.9. The van der Waals surface area contributed by atoms with Gasteiger partial charge in [0.05, 0.1) is 5.56 Å². The minimum atomic E-state index is -0.174. The molecule has 2 heteroatoms. The number of carbonyl (C=O) groups is 1. The van der Waals surface area contributed by atoms with E-state index in [9.17, 15) is 4.79 Å². The van der Waals surface area contributed by atoms with E-state index in [-0.39, 0.29) is 12.1 Å². The van der Waals surface area contributed by atoms with E-state index in [4.69, 9.17) is 4.74 Å². The summed E-state index contributed by atoms with van der Waals surface area (Å²) >= 11 is 0. The molecule has 17 heavy (non-hydrogen) atoms. The molecule has 0 atom stereocenters. The first-order valence-corrected chi connectivity index (χ1v) is 6.48. The molecule has 0 amide bonds. The van der Waals surface area contributed by atoms with E-state index < -0.39 is 0 Å². The number of esters is 1. The highest BCUT2D eigenvalue weighted by atomic mass is 16.5. The quantitative estimate of drug-likeness (QED) is 0.738. The normalized spacial score (nSPS) is 16.4. The Kier molecular flexibility index (Phi) is 3.82. The Labute approximate surface area is 103 Å². The fourth-order valence-corrected chi connectivity index (χ4v) is 2.23. The SMILES string of the molecule is CC(C)c1ccc(C(=O)OC2CCCC2)cc1. The van der Waals surface area contributed by atoms with Gasteiger partial charge in [0, 0.05) is 0 Å². The molecule has 0 aliphatic heterocycles. The minimum absolute atomic E-state index is 0.146. The monoisotopic (exact) mass is 232 g/mol. The van der Waals surface area contributed by atoms with Gasteiger partial charge in [0.2, 0.25) is 0 Å². The van der Waals surface area contributed by atoms with Crippen molar-refractivity contribution in [1.82, 2.24) is 0 Å². The molecule has 1 aliphatic rings. The Bertz CT molecular complexity index is 372. The standard InChI is InChI=1S/C15H20O2/c1-11(2)12-7-9-13(10-8-12)15(16)17-14-5-3-4-6-14/h7-11,14H,3-6H2,1-2H3. The Hall–Kier alpha value is -1.31. The maximum Gasteiger partial charge on any atom is 0.338 e. The van der Waals surface area contributed by atoms with Gasteiger partial charge in [0.15, 0.2) is 0 Å². The van der Waals surface area contributed by atoms with Gasteiger partial charge in [0.25, 0.3) is 0 Å². The van der Waals surface area contributed by atoms with Crippen LogP contribution in [0.15, 0.2) is 24.3 Å². The van der Waals surface area contributed by atoms with Crippen molar-refractivity contribution in [3.05, 3.63) is 35.4 Å². The highest BCUT2D eigenvalue weighted by Crippen LogP contribution is 2.22. The summed E-state index contributed by atoms with van der Waals surface area (Å²) in [6.07, 6.45) is 4.56. The van der Waals surface area contributed by atoms with Gasteiger partial charge in [-0.15, -0.1) is 0 Å². The highest BCUT2D eigenvalue weighted by Gasteiger charge is 2.19. The van der Waals surface area contributed by atoms with E-state index in [2.05, 4.69) is 13.8 Å². The first kappa shape index (κ1) is 12.2. The van der Waals surface area contributed by atoms with Crippen molar-refractivity contribution in [3.63, 3.8) is 0 Å². The van der Waals surface area contributed by atoms with Crippen molar-refractivity contribution in [2.24, 2.45) is 0 Å². The number of benzene rings is 1. The molecule has 0 heterocycles. The first-order chi connectivity index (χ1) is 8.16. The molecule has 0 spiro atoms. The molecule has 2 rings (SSSR count). The van der Waals surface area contributed by atoms with Crippen molar-refractivity contribution in [2.75, 3.05) is 0 Å². The van der Waals surface area contributed by atoms with E-state index >= 15 is 0 Å². The Morgan fingerprint density at radius 1 is 1.18 bits per heavy atom. The fraction of sp³-hybridized carbons (Fsp3) is 0.533. The molecule has 2 nitrogen and oxygen atoms in total. The number of rotatable bonds is 3. The third-order valence-electron chi connectivity index (χ3n) is 3.39. The van der Waals surface area contributed by atoms with Gasteiger partial charge in [-0.1, -0.05) is 26.0 Å². The van der Waals surface area contributed by atoms with E-state index in [0.29, 0.717) is 11.5 Å². The molecule has 0 unspecified atom stereocenters. The van der Waals surface area contributed by atoms with Crippen LogP contribution in [0.4, 0.5) is 0 Å². The second-order valence-corrected chi connectivity index (χ2v) is 5.09. The second kappa shape index (κ2) is 5.35. The molecular formula is C15H20O2. The van der Waals surface area contributed by atoms with Crippen molar-refractivity contribution < 1.29 is 9.53 Å². The van der Waals surface area contributed by atoms with Gasteiger partial charge in [-0.05, 0) is 49.3 Å². The predicted molar refractivity (Wildman–Crippen MR) is 68.2 cm³/mol. The van der Waals surface area contributed by atoms with Crippen LogP contribution in [0.5, 0.6) is 0 Å². The lowest BCUT2D eigenvalue weighted by molar-refractivity contribution is 0.0318. The summed E-state index contributed by atoms with van der Waals surface area (Å²) in [6.45, 7) is 4.29. The van der Waals surface area contributed by atoms with Crippen molar-refractivity contribution in [1.29, 1.82) is 0 Å². The molecule has 1 aromatic rings. The fourth-order valence-electron chi connectivity index (χ4n) is 2.23. The maximum atomic E-state index is 11.9. The van der Waals surface area contributed by atoms with E-state index in [0.717, 1.165) is 12.8 Å². The van der Waals surface area contributed by atoms with Crippen molar-refractivity contribution in [2.45, 2.75) is 51.6 Å². The van der Waals surface area contributed by atoms with Gasteiger partial charge in [-0.3, -0.25) is 0 Å². The molecule has 0 saturated heterocycles. The van der Waals surface area contributed by atoms with E-state index in [1.165, 1.54) is 18.4 Å². The van der Waals surface area contributed by atoms with Crippen LogP contribution in [-0.2, 0) is 4.74 Å². The van der Waals surface area contributed by atoms with Crippen LogP contribution in [0.2, 0.25) is 0 Å². The third kappa shape index (κ3) is 3.09. The van der Waals surface area contributed by atoms with Crippen LogP contribution in [0, 0.1) is 0 Å². The van der Waals surface area contributed by atoms with Gasteiger partial charge in [-0.25, -0.2) is 4.79 Å². The number of hydrogen-bond acceptors (Lipinski definition) is 2. The average molecular weight is 232 g/mol. The minimum Gasteiger partial charge on any atom is -0.459 e. The summed E-state index contributed by atoms with van der Waals surface area (Å²) in [7, 11) is 0. The molecule has 0 radical (unpaired) electrons. The molecule has 1 saturated carbocycles. The summed E-state index contributed by atoms with van der Waals surface area (Å²) in [6, 6.07) is 7.76. The molecule has 1 fully saturated rings. The summed E-state index contributed by atoms with van der Waals surface area (Å²) in [5, 5.41) is 0. The molecule has 92 valence electrons. The van der Waals surface area contributed by atoms with Crippen molar-refractivity contribution in [3.8, 4) is 0 Å². The first-order valence-electron chi connectivity index (χ1n) is 6.48. The predicted octanol–water partition coefficient (Wildman–Crippen LogP) is 3.91. The van der Waals surface area contributed by atoms with Crippen LogP contribution in [0.25, 0.3) is 0 Å². The van der Waals surface area contributed by atoms with Crippen LogP contribution in [-0.4, -0.2) is 12.1 Å². The highest BCUT2D eigenvalue weighted by molar-refractivity contribution is 5.89. The number of ether oxygens (including phenoxy) is 1. The van der Waals surface area contributed by atoms with Gasteiger partial charge in [-0.2, -0.15) is 0 Å². The Balaban J connectivity index is 1.98. The van der Waals surface area contributed by atoms with Gasteiger partial charge >= 0.3 is 5.97 Å². The lowest BCUT2D eigenvalue weighted by Crippen LogP contribution is -2.14. The maximum absolute atomic E-state index is 11.9. The molecule has 0 bridgehead atoms. The molecule has 0 N–H and O–H groups in total. The largest absolute Gasteiger partial charge is 0.459 e. The molecular weight excluding hydrogens is 212 g/mol. The Morgan fingerprint density at radius 2 is 1.76 bits per heavy atom. The van der Waals surface area contributed by atoms with Crippen molar-refractivity contribution >= 4 is 5.97 Å². The van der Waals surface area contributed by atoms with E-state index in [1.807, 2.05) is 24.3 Å². The topological polar surface area (TPSA) is 26.3 Å². The lowest BCUT2D eigenvalue weighted by Gasteiger charge is -2.12. The van der Waals surface area contributed by atoms with Gasteiger partial charge in [0.1, 0.15) is 6.10 Å². The summed E-state index contributed by atoms with van der Waals surface area (Å²) < 4.78 is 5.46. The lowest BCUT2D eigenvalue weighted by atomic mass is 10.0. The van der Waals surface area contributed by atoms with Crippen LogP contribution >= 0.6 is 0 Å². The van der Waals surface area contributed by atoms with Crippen LogP contribution in [0.3, 0.4) is 0 Å². The van der Waals surface area contributed by atoms with Crippen LogP contribution in [0.1, 0.15) is 61.4 Å². The Morgan fingerprint density at radius 3 is 2.29 bits per heavy atom. The second-order valence-electron chi connectivity index (χ2n) is 5.09. The zero-order chi connectivity index (χ0) is 12.3. The molecule has 1 aromatic carbocycles. The molecule has 0 aromatic heterocycles. The third-order valence-corrected chi connectivity index (χ3v) is 3.39. The zero-order valence-electron chi connectivity index (χ0n) is 10.6. The van der Waals surface area contributed by atoms with Crippen LogP contribution < -0.4 is 0 Å². The summed E-state index contributed by atoms with van der Waals surface area (Å²) in [5.41, 5.74) is 1.92. The smallest absolute Gasteiger partial charge is 0.338 e.